The molecule has 0 aromatic heterocycles. The Kier molecular flexibility index (Phi) is 5.52. The molecule has 0 aliphatic heterocycles. The molecule has 0 saturated heterocycles. The van der Waals surface area contributed by atoms with Crippen LogP contribution in [0.4, 0.5) is 0 Å². The molecule has 0 saturated carbocycles. The summed E-state index contributed by atoms with van der Waals surface area (Å²) in [5.41, 5.74) is 2.53. The summed E-state index contributed by atoms with van der Waals surface area (Å²) < 4.78 is 0. The minimum absolute atomic E-state index is 0.843. The largest absolute Gasteiger partial charge is 0.120 e. The van der Waals surface area contributed by atoms with E-state index in [0.717, 1.165) is 23.0 Å². The van der Waals surface area contributed by atoms with E-state index >= 15 is 0 Å². The molecular weight excluding hydrogens is 184 g/mol. The van der Waals surface area contributed by atoms with Crippen LogP contribution in [0.1, 0.15) is 48.0 Å². The molecule has 0 nitrogen and oxygen atoms in total. The molecule has 14 heavy (non-hydrogen) atoms. The summed E-state index contributed by atoms with van der Waals surface area (Å²) in [6, 6.07) is 1.30. The van der Waals surface area contributed by atoms with Crippen molar-refractivity contribution in [1.29, 1.82) is 0 Å². The highest BCUT2D eigenvalue weighted by Gasteiger charge is 2.41. The quantitative estimate of drug-likeness (QED) is 0.456. The van der Waals surface area contributed by atoms with E-state index < -0.39 is 8.07 Å². The van der Waals surface area contributed by atoms with E-state index in [-0.39, 0.29) is 0 Å². The van der Waals surface area contributed by atoms with Gasteiger partial charge in [-0.3, -0.25) is 0 Å². The van der Waals surface area contributed by atoms with Crippen molar-refractivity contribution in [2.24, 2.45) is 0 Å². The average Bonchev–Trinajstić information content (AvgIpc) is 2.03. The summed E-state index contributed by atoms with van der Waals surface area (Å²) in [5, 5.41) is 0. The van der Waals surface area contributed by atoms with Gasteiger partial charge in [0.1, 0.15) is 0 Å². The number of hydrogen-bond donors (Lipinski definition) is 0. The predicted molar refractivity (Wildman–Crippen MR) is 69.3 cm³/mol. The zero-order chi connectivity index (χ0) is 11.4. The van der Waals surface area contributed by atoms with Crippen LogP contribution in [-0.2, 0) is 0 Å². The molecule has 0 amide bonds. The van der Waals surface area contributed by atoms with Crippen LogP contribution in [0, 0.1) is 12.3 Å². The molecule has 0 rings (SSSR count). The zero-order valence-corrected chi connectivity index (χ0v) is 11.7. The molecule has 0 atom stereocenters. The summed E-state index contributed by atoms with van der Waals surface area (Å²) in [6.45, 7) is 14.3. The second-order valence-corrected chi connectivity index (χ2v) is 11.5. The summed E-state index contributed by atoms with van der Waals surface area (Å²) >= 11 is 0. The van der Waals surface area contributed by atoms with Gasteiger partial charge in [0.2, 0.25) is 0 Å². The Morgan fingerprint density at radius 1 is 0.929 bits per heavy atom. The standard InChI is InChI=1S/C13H26Si/c1-8-9-10-14(11(2)3,12(4)5)13(6)7/h1,11-13H,9-10H2,2-7H3. The van der Waals surface area contributed by atoms with Gasteiger partial charge in [-0.1, -0.05) is 58.2 Å². The van der Waals surface area contributed by atoms with Gasteiger partial charge in [-0.25, -0.2) is 0 Å². The zero-order valence-electron chi connectivity index (χ0n) is 10.7. The van der Waals surface area contributed by atoms with E-state index in [1.165, 1.54) is 6.04 Å². The molecule has 0 bridgehead atoms. The van der Waals surface area contributed by atoms with Gasteiger partial charge in [0.15, 0.2) is 0 Å². The average molecular weight is 210 g/mol. The number of rotatable bonds is 5. The van der Waals surface area contributed by atoms with Crippen LogP contribution in [-0.4, -0.2) is 8.07 Å². The molecule has 0 radical (unpaired) electrons. The molecule has 82 valence electrons. The highest BCUT2D eigenvalue weighted by atomic mass is 28.3. The molecule has 0 unspecified atom stereocenters. The van der Waals surface area contributed by atoms with Gasteiger partial charge in [0.05, 0.1) is 8.07 Å². The first-order valence-electron chi connectivity index (χ1n) is 5.83. The van der Waals surface area contributed by atoms with Crippen molar-refractivity contribution >= 4 is 8.07 Å². The van der Waals surface area contributed by atoms with E-state index in [0.29, 0.717) is 0 Å². The van der Waals surface area contributed by atoms with Crippen molar-refractivity contribution in [2.45, 2.75) is 70.6 Å². The summed E-state index contributed by atoms with van der Waals surface area (Å²) in [5.74, 6) is 2.82. The molecule has 0 aromatic carbocycles. The molecule has 0 spiro atoms. The summed E-state index contributed by atoms with van der Waals surface area (Å²) in [6.07, 6.45) is 6.38. The van der Waals surface area contributed by atoms with E-state index in [9.17, 15) is 0 Å². The Balaban J connectivity index is 4.87. The Hall–Kier alpha value is -0.223. The lowest BCUT2D eigenvalue weighted by atomic mass is 10.5. The van der Waals surface area contributed by atoms with Crippen LogP contribution in [0.15, 0.2) is 0 Å². The second-order valence-electron chi connectivity index (χ2n) is 5.28. The topological polar surface area (TPSA) is 0 Å². The fourth-order valence-electron chi connectivity index (χ4n) is 3.15. The molecule has 0 aliphatic rings. The maximum Gasteiger partial charge on any atom is 0.0622 e. The normalized spacial score (nSPS) is 12.6. The fraction of sp³-hybridized carbons (Fsp3) is 0.846. The maximum atomic E-state index is 5.41. The van der Waals surface area contributed by atoms with Crippen molar-refractivity contribution < 1.29 is 0 Å². The van der Waals surface area contributed by atoms with Gasteiger partial charge in [0, 0.05) is 6.42 Å². The lowest BCUT2D eigenvalue weighted by Crippen LogP contribution is -2.44. The molecule has 0 fully saturated rings. The van der Waals surface area contributed by atoms with Gasteiger partial charge in [0.25, 0.3) is 0 Å². The van der Waals surface area contributed by atoms with Crippen molar-refractivity contribution in [2.75, 3.05) is 0 Å². The van der Waals surface area contributed by atoms with Crippen LogP contribution in [0.25, 0.3) is 0 Å². The van der Waals surface area contributed by atoms with E-state index in [2.05, 4.69) is 47.5 Å². The van der Waals surface area contributed by atoms with Crippen molar-refractivity contribution in [3.05, 3.63) is 0 Å². The van der Waals surface area contributed by atoms with Crippen molar-refractivity contribution in [3.8, 4) is 12.3 Å². The van der Waals surface area contributed by atoms with Crippen LogP contribution < -0.4 is 0 Å². The Morgan fingerprint density at radius 3 is 1.50 bits per heavy atom. The first-order valence-corrected chi connectivity index (χ1v) is 8.27. The maximum absolute atomic E-state index is 5.41. The van der Waals surface area contributed by atoms with E-state index in [1.807, 2.05) is 0 Å². The highest BCUT2D eigenvalue weighted by molar-refractivity contribution is 6.83. The smallest absolute Gasteiger partial charge is 0.0622 e. The summed E-state index contributed by atoms with van der Waals surface area (Å²) in [4.78, 5) is 0. The van der Waals surface area contributed by atoms with Crippen molar-refractivity contribution in [3.63, 3.8) is 0 Å². The molecule has 0 N–H and O–H groups in total. The molecule has 1 heteroatoms. The third kappa shape index (κ3) is 2.64. The minimum Gasteiger partial charge on any atom is -0.120 e. The minimum atomic E-state index is -1.19. The first kappa shape index (κ1) is 13.8. The molecule has 0 aromatic rings. The van der Waals surface area contributed by atoms with Gasteiger partial charge in [-0.05, 0) is 6.04 Å². The van der Waals surface area contributed by atoms with Crippen LogP contribution in [0.2, 0.25) is 22.7 Å². The monoisotopic (exact) mass is 210 g/mol. The third-order valence-corrected chi connectivity index (χ3v) is 11.5. The Labute approximate surface area is 91.5 Å². The lowest BCUT2D eigenvalue weighted by Gasteiger charge is -2.43. The van der Waals surface area contributed by atoms with E-state index in [4.69, 9.17) is 6.42 Å². The summed E-state index contributed by atoms with van der Waals surface area (Å²) in [7, 11) is -1.19. The van der Waals surface area contributed by atoms with Crippen LogP contribution >= 0.6 is 0 Å². The van der Waals surface area contributed by atoms with E-state index in [1.54, 1.807) is 0 Å². The van der Waals surface area contributed by atoms with Crippen LogP contribution in [0.5, 0.6) is 0 Å². The number of hydrogen-bond acceptors (Lipinski definition) is 0. The van der Waals surface area contributed by atoms with Gasteiger partial charge in [-0.2, -0.15) is 0 Å². The SMILES string of the molecule is C#CCC[Si](C(C)C)(C(C)C)C(C)C. The number of terminal acetylenes is 1. The van der Waals surface area contributed by atoms with Gasteiger partial charge < -0.3 is 0 Å². The van der Waals surface area contributed by atoms with Crippen molar-refractivity contribution in [1.82, 2.24) is 0 Å². The highest BCUT2D eigenvalue weighted by Crippen LogP contribution is 2.44. The Bertz CT molecular complexity index is 174. The first-order chi connectivity index (χ1) is 6.39. The molecule has 0 aliphatic carbocycles. The van der Waals surface area contributed by atoms with Crippen LogP contribution in [0.3, 0.4) is 0 Å². The second kappa shape index (κ2) is 5.61. The third-order valence-electron chi connectivity index (χ3n) is 3.93. The lowest BCUT2D eigenvalue weighted by molar-refractivity contribution is 0.794. The van der Waals surface area contributed by atoms with Gasteiger partial charge in [-0.15, -0.1) is 12.3 Å². The van der Waals surface area contributed by atoms with Gasteiger partial charge >= 0.3 is 0 Å². The molecular formula is C13H26Si. The Morgan fingerprint density at radius 2 is 1.29 bits per heavy atom. The predicted octanol–water partition coefficient (Wildman–Crippen LogP) is 4.69. The fourth-order valence-corrected chi connectivity index (χ4v) is 9.46. The molecule has 0 heterocycles.